The SMILES string of the molecule is COc1cccc(CCNc2ccc(C(=O)NCc3ccco3)nc2)c1. The minimum absolute atomic E-state index is 0.232. The number of benzene rings is 1. The molecule has 2 heterocycles. The van der Waals surface area contributed by atoms with Crippen molar-refractivity contribution in [1.29, 1.82) is 0 Å². The third-order valence-electron chi connectivity index (χ3n) is 3.88. The number of amides is 1. The molecule has 134 valence electrons. The predicted octanol–water partition coefficient (Wildman–Crippen LogP) is 3.27. The fourth-order valence-electron chi connectivity index (χ4n) is 2.48. The highest BCUT2D eigenvalue weighted by atomic mass is 16.5. The summed E-state index contributed by atoms with van der Waals surface area (Å²) < 4.78 is 10.4. The van der Waals surface area contributed by atoms with Gasteiger partial charge in [-0.05, 0) is 48.4 Å². The van der Waals surface area contributed by atoms with Crippen molar-refractivity contribution in [3.8, 4) is 5.75 Å². The van der Waals surface area contributed by atoms with Gasteiger partial charge in [-0.15, -0.1) is 0 Å². The van der Waals surface area contributed by atoms with Gasteiger partial charge in [0.15, 0.2) is 0 Å². The quantitative estimate of drug-likeness (QED) is 0.651. The van der Waals surface area contributed by atoms with E-state index in [0.717, 1.165) is 24.4 Å². The molecule has 0 aliphatic carbocycles. The molecule has 0 unspecified atom stereocenters. The summed E-state index contributed by atoms with van der Waals surface area (Å²) in [6.07, 6.45) is 4.10. The molecule has 0 bridgehead atoms. The first-order chi connectivity index (χ1) is 12.7. The largest absolute Gasteiger partial charge is 0.497 e. The zero-order valence-electron chi connectivity index (χ0n) is 14.6. The maximum atomic E-state index is 12.1. The first kappa shape index (κ1) is 17.5. The average Bonchev–Trinajstić information content (AvgIpc) is 3.20. The number of hydrogen-bond acceptors (Lipinski definition) is 5. The van der Waals surface area contributed by atoms with Crippen LogP contribution in [0.25, 0.3) is 0 Å². The van der Waals surface area contributed by atoms with Crippen molar-refractivity contribution in [2.45, 2.75) is 13.0 Å². The molecule has 1 aromatic carbocycles. The third-order valence-corrected chi connectivity index (χ3v) is 3.88. The van der Waals surface area contributed by atoms with E-state index in [1.165, 1.54) is 5.56 Å². The van der Waals surface area contributed by atoms with Gasteiger partial charge >= 0.3 is 0 Å². The molecule has 0 aliphatic heterocycles. The van der Waals surface area contributed by atoms with Crippen LogP contribution in [-0.2, 0) is 13.0 Å². The second-order valence-corrected chi connectivity index (χ2v) is 5.72. The van der Waals surface area contributed by atoms with Gasteiger partial charge in [0.25, 0.3) is 5.91 Å². The van der Waals surface area contributed by atoms with Crippen LogP contribution in [0.3, 0.4) is 0 Å². The van der Waals surface area contributed by atoms with Gasteiger partial charge in [0, 0.05) is 6.54 Å². The smallest absolute Gasteiger partial charge is 0.270 e. The minimum Gasteiger partial charge on any atom is -0.497 e. The van der Waals surface area contributed by atoms with Crippen LogP contribution in [0.1, 0.15) is 21.8 Å². The molecule has 0 aliphatic rings. The van der Waals surface area contributed by atoms with E-state index in [1.807, 2.05) is 30.3 Å². The van der Waals surface area contributed by atoms with Crippen molar-refractivity contribution in [2.75, 3.05) is 19.0 Å². The summed E-state index contributed by atoms with van der Waals surface area (Å²) in [6, 6.07) is 15.1. The molecule has 3 rings (SSSR count). The Balaban J connectivity index is 1.47. The Hall–Kier alpha value is -3.28. The number of pyridine rings is 1. The summed E-state index contributed by atoms with van der Waals surface area (Å²) >= 11 is 0. The van der Waals surface area contributed by atoms with E-state index < -0.39 is 0 Å². The fourth-order valence-corrected chi connectivity index (χ4v) is 2.48. The van der Waals surface area contributed by atoms with Gasteiger partial charge in [-0.1, -0.05) is 12.1 Å². The molecular formula is C20H21N3O3. The summed E-state index contributed by atoms with van der Waals surface area (Å²) in [5.41, 5.74) is 2.43. The van der Waals surface area contributed by atoms with E-state index in [2.05, 4.69) is 21.7 Å². The van der Waals surface area contributed by atoms with Crippen LogP contribution in [0.4, 0.5) is 5.69 Å². The monoisotopic (exact) mass is 351 g/mol. The molecule has 6 nitrogen and oxygen atoms in total. The van der Waals surface area contributed by atoms with Crippen LogP contribution < -0.4 is 15.4 Å². The third kappa shape index (κ3) is 4.86. The van der Waals surface area contributed by atoms with Gasteiger partial charge in [-0.2, -0.15) is 0 Å². The number of carbonyl (C=O) groups excluding carboxylic acids is 1. The Kier molecular flexibility index (Phi) is 5.88. The van der Waals surface area contributed by atoms with Crippen molar-refractivity contribution in [2.24, 2.45) is 0 Å². The lowest BCUT2D eigenvalue weighted by Gasteiger charge is -2.08. The van der Waals surface area contributed by atoms with Gasteiger partial charge in [0.2, 0.25) is 0 Å². The van der Waals surface area contributed by atoms with Gasteiger partial charge in [0.1, 0.15) is 17.2 Å². The Morgan fingerprint density at radius 1 is 1.19 bits per heavy atom. The Labute approximate surface area is 152 Å². The molecule has 0 fully saturated rings. The molecular weight excluding hydrogens is 330 g/mol. The molecule has 2 N–H and O–H groups in total. The maximum Gasteiger partial charge on any atom is 0.270 e. The lowest BCUT2D eigenvalue weighted by atomic mass is 10.1. The minimum atomic E-state index is -0.232. The first-order valence-corrected chi connectivity index (χ1v) is 8.38. The Bertz CT molecular complexity index is 830. The van der Waals surface area contributed by atoms with Crippen molar-refractivity contribution >= 4 is 11.6 Å². The van der Waals surface area contributed by atoms with Crippen LogP contribution in [0.15, 0.2) is 65.4 Å². The Morgan fingerprint density at radius 3 is 2.85 bits per heavy atom. The van der Waals surface area contributed by atoms with E-state index in [9.17, 15) is 4.79 Å². The molecule has 0 atom stereocenters. The van der Waals surface area contributed by atoms with Gasteiger partial charge in [0.05, 0.1) is 31.8 Å². The van der Waals surface area contributed by atoms with Crippen LogP contribution in [-0.4, -0.2) is 24.5 Å². The first-order valence-electron chi connectivity index (χ1n) is 8.38. The number of ether oxygens (including phenoxy) is 1. The molecule has 3 aromatic rings. The molecule has 6 heteroatoms. The van der Waals surface area contributed by atoms with Gasteiger partial charge < -0.3 is 19.8 Å². The van der Waals surface area contributed by atoms with Crippen LogP contribution in [0.5, 0.6) is 5.75 Å². The summed E-state index contributed by atoms with van der Waals surface area (Å²) in [4.78, 5) is 16.3. The molecule has 26 heavy (non-hydrogen) atoms. The lowest BCUT2D eigenvalue weighted by Crippen LogP contribution is -2.23. The molecule has 0 spiro atoms. The highest BCUT2D eigenvalue weighted by Crippen LogP contribution is 2.13. The van der Waals surface area contributed by atoms with Gasteiger partial charge in [-0.25, -0.2) is 4.98 Å². The highest BCUT2D eigenvalue weighted by molar-refractivity contribution is 5.92. The summed E-state index contributed by atoms with van der Waals surface area (Å²) in [5, 5.41) is 6.07. The number of nitrogens with zero attached hydrogens (tertiary/aromatic N) is 1. The number of rotatable bonds is 8. The summed E-state index contributed by atoms with van der Waals surface area (Å²) in [5.74, 6) is 1.33. The normalized spacial score (nSPS) is 10.3. The number of anilines is 1. The number of furan rings is 1. The van der Waals surface area contributed by atoms with E-state index in [-0.39, 0.29) is 5.91 Å². The Morgan fingerprint density at radius 2 is 2.12 bits per heavy atom. The van der Waals surface area contributed by atoms with Crippen LogP contribution in [0, 0.1) is 0 Å². The summed E-state index contributed by atoms with van der Waals surface area (Å²) in [6.45, 7) is 1.10. The van der Waals surface area contributed by atoms with Gasteiger partial charge in [-0.3, -0.25) is 4.79 Å². The second-order valence-electron chi connectivity index (χ2n) is 5.72. The number of hydrogen-bond donors (Lipinski definition) is 2. The van der Waals surface area contributed by atoms with Crippen LogP contribution in [0.2, 0.25) is 0 Å². The maximum absolute atomic E-state index is 12.1. The highest BCUT2D eigenvalue weighted by Gasteiger charge is 2.07. The number of carbonyl (C=O) groups is 1. The zero-order chi connectivity index (χ0) is 18.2. The van der Waals surface area contributed by atoms with E-state index in [4.69, 9.17) is 9.15 Å². The predicted molar refractivity (Wildman–Crippen MR) is 99.3 cm³/mol. The lowest BCUT2D eigenvalue weighted by molar-refractivity contribution is 0.0943. The van der Waals surface area contributed by atoms with Crippen molar-refractivity contribution in [3.63, 3.8) is 0 Å². The number of aromatic nitrogens is 1. The number of nitrogens with one attached hydrogen (secondary N) is 2. The van der Waals surface area contributed by atoms with Crippen molar-refractivity contribution < 1.29 is 13.9 Å². The standard InChI is InChI=1S/C20H21N3O3/c1-25-17-5-2-4-15(12-17)9-10-21-16-7-8-19(22-13-16)20(24)23-14-18-6-3-11-26-18/h2-8,11-13,21H,9-10,14H2,1H3,(H,23,24). The van der Waals surface area contributed by atoms with E-state index in [1.54, 1.807) is 31.7 Å². The van der Waals surface area contributed by atoms with E-state index >= 15 is 0 Å². The molecule has 2 aromatic heterocycles. The van der Waals surface area contributed by atoms with Crippen molar-refractivity contribution in [3.05, 3.63) is 78.0 Å². The second kappa shape index (κ2) is 8.71. The zero-order valence-corrected chi connectivity index (χ0v) is 14.6. The fraction of sp³-hybridized carbons (Fsp3) is 0.200. The molecule has 1 amide bonds. The van der Waals surface area contributed by atoms with Crippen molar-refractivity contribution in [1.82, 2.24) is 10.3 Å². The van der Waals surface area contributed by atoms with Crippen LogP contribution >= 0.6 is 0 Å². The average molecular weight is 351 g/mol. The summed E-state index contributed by atoms with van der Waals surface area (Å²) in [7, 11) is 1.66. The topological polar surface area (TPSA) is 76.4 Å². The number of methoxy groups -OCH3 is 1. The van der Waals surface area contributed by atoms with E-state index in [0.29, 0.717) is 18.0 Å². The molecule has 0 saturated heterocycles. The molecule has 0 saturated carbocycles. The molecule has 0 radical (unpaired) electrons.